The Hall–Kier alpha value is -2.28. The van der Waals surface area contributed by atoms with E-state index < -0.39 is 0 Å². The number of rotatable bonds is 8. The van der Waals surface area contributed by atoms with Gasteiger partial charge in [-0.3, -0.25) is 14.5 Å². The quantitative estimate of drug-likeness (QED) is 0.310. The zero-order chi connectivity index (χ0) is 20.4. The number of thioether (sulfide) groups is 1. The first kappa shape index (κ1) is 20.0. The first-order valence-corrected chi connectivity index (χ1v) is 11.0. The highest BCUT2D eigenvalue weighted by Gasteiger charge is 2.34. The molecule has 0 radical (unpaired) electrons. The molecule has 5 nitrogen and oxygen atoms in total. The lowest BCUT2D eigenvalue weighted by atomic mass is 10.1. The molecule has 0 bridgehead atoms. The summed E-state index contributed by atoms with van der Waals surface area (Å²) < 4.78 is 0. The van der Waals surface area contributed by atoms with Crippen LogP contribution in [0.1, 0.15) is 40.0 Å². The maximum Gasteiger partial charge on any atom is 0.261 e. The number of imide groups is 1. The third kappa shape index (κ3) is 4.20. The van der Waals surface area contributed by atoms with E-state index in [4.69, 9.17) is 17.3 Å². The van der Waals surface area contributed by atoms with Crippen molar-refractivity contribution in [3.05, 3.63) is 64.8 Å². The van der Waals surface area contributed by atoms with Crippen molar-refractivity contribution in [3.63, 3.8) is 0 Å². The Morgan fingerprint density at radius 2 is 1.79 bits per heavy atom. The molecule has 2 aromatic carbocycles. The molecule has 1 atom stereocenters. The number of benzene rings is 2. The van der Waals surface area contributed by atoms with Crippen LogP contribution >= 0.6 is 23.4 Å². The molecule has 0 aliphatic carbocycles. The van der Waals surface area contributed by atoms with Gasteiger partial charge in [0.1, 0.15) is 0 Å². The Bertz CT molecular complexity index is 1030. The zero-order valence-corrected chi connectivity index (χ0v) is 17.4. The summed E-state index contributed by atoms with van der Waals surface area (Å²) >= 11 is 7.81. The van der Waals surface area contributed by atoms with Crippen LogP contribution in [0.5, 0.6) is 0 Å². The van der Waals surface area contributed by atoms with Gasteiger partial charge in [-0.25, -0.2) is 0 Å². The van der Waals surface area contributed by atoms with Crippen molar-refractivity contribution < 1.29 is 9.59 Å². The lowest BCUT2D eigenvalue weighted by Crippen LogP contribution is -2.31. The van der Waals surface area contributed by atoms with Gasteiger partial charge < -0.3 is 10.7 Å². The Kier molecular flexibility index (Phi) is 5.94. The van der Waals surface area contributed by atoms with E-state index in [0.29, 0.717) is 17.7 Å². The van der Waals surface area contributed by atoms with Gasteiger partial charge in [0.25, 0.3) is 11.8 Å². The van der Waals surface area contributed by atoms with Gasteiger partial charge in [-0.15, -0.1) is 11.8 Å². The van der Waals surface area contributed by atoms with Crippen molar-refractivity contribution in [2.45, 2.75) is 30.2 Å². The maximum atomic E-state index is 12.4. The predicted octanol–water partition coefficient (Wildman–Crippen LogP) is 4.71. The Labute approximate surface area is 178 Å². The standard InChI is InChI=1S/C22H22ClN3O2S/c23-14-8-9-19-18(11-14)20(12-25-19)29-13-15(24)5-3-4-10-26-21(27)16-6-1-2-7-17(16)22(26)28/h1-2,6-9,11-12,15,25H,3-5,10,13,24H2. The first-order chi connectivity index (χ1) is 14.0. The summed E-state index contributed by atoms with van der Waals surface area (Å²) in [5.41, 5.74) is 8.35. The number of aromatic nitrogens is 1. The highest BCUT2D eigenvalue weighted by Crippen LogP contribution is 2.30. The molecule has 0 saturated heterocycles. The predicted molar refractivity (Wildman–Crippen MR) is 118 cm³/mol. The van der Waals surface area contributed by atoms with E-state index in [1.807, 2.05) is 24.4 Å². The number of nitrogens with zero attached hydrogens (tertiary/aromatic N) is 1. The second kappa shape index (κ2) is 8.61. The number of fused-ring (bicyclic) bond motifs is 2. The van der Waals surface area contributed by atoms with E-state index in [1.54, 1.807) is 36.0 Å². The van der Waals surface area contributed by atoms with Crippen LogP contribution in [0.15, 0.2) is 53.6 Å². The molecule has 4 rings (SSSR count). The highest BCUT2D eigenvalue weighted by atomic mass is 35.5. The molecule has 1 aliphatic heterocycles. The number of nitrogens with one attached hydrogen (secondary N) is 1. The fourth-order valence-electron chi connectivity index (χ4n) is 3.59. The molecule has 150 valence electrons. The molecular formula is C22H22ClN3O2S. The molecule has 2 amide bonds. The van der Waals surface area contributed by atoms with Gasteiger partial charge in [0.15, 0.2) is 0 Å². The molecule has 1 aliphatic rings. The summed E-state index contributed by atoms with van der Waals surface area (Å²) in [6, 6.07) is 12.8. The van der Waals surface area contributed by atoms with Crippen LogP contribution in [-0.4, -0.2) is 40.0 Å². The minimum absolute atomic E-state index is 0.0475. The first-order valence-electron chi connectivity index (χ1n) is 9.65. The third-order valence-electron chi connectivity index (χ3n) is 5.14. The molecular weight excluding hydrogens is 406 g/mol. The number of aromatic amines is 1. The Balaban J connectivity index is 1.23. The zero-order valence-electron chi connectivity index (χ0n) is 15.9. The van der Waals surface area contributed by atoms with Gasteiger partial charge in [-0.1, -0.05) is 30.2 Å². The SMILES string of the molecule is NC(CCCCN1C(=O)c2ccccc2C1=O)CSc1c[nH]c2ccc(Cl)cc12. The molecule has 0 saturated carbocycles. The molecule has 1 aromatic heterocycles. The molecule has 29 heavy (non-hydrogen) atoms. The van der Waals surface area contributed by atoms with Crippen molar-refractivity contribution in [3.8, 4) is 0 Å². The highest BCUT2D eigenvalue weighted by molar-refractivity contribution is 7.99. The second-order valence-corrected chi connectivity index (χ2v) is 8.72. The van der Waals surface area contributed by atoms with Crippen molar-refractivity contribution >= 4 is 46.1 Å². The lowest BCUT2D eigenvalue weighted by Gasteiger charge is -2.15. The van der Waals surface area contributed by atoms with E-state index in [1.165, 1.54) is 4.90 Å². The van der Waals surface area contributed by atoms with Crippen LogP contribution in [0.3, 0.4) is 0 Å². The molecule has 0 fully saturated rings. The van der Waals surface area contributed by atoms with Crippen LogP contribution in [0.2, 0.25) is 5.02 Å². The fourth-order valence-corrected chi connectivity index (χ4v) is 4.78. The number of amides is 2. The van der Waals surface area contributed by atoms with Crippen LogP contribution in [0.25, 0.3) is 10.9 Å². The van der Waals surface area contributed by atoms with Gasteiger partial charge in [-0.2, -0.15) is 0 Å². The minimum atomic E-state index is -0.191. The van der Waals surface area contributed by atoms with Gasteiger partial charge in [0.05, 0.1) is 11.1 Å². The topological polar surface area (TPSA) is 79.2 Å². The summed E-state index contributed by atoms with van der Waals surface area (Å²) in [4.78, 5) is 30.5. The third-order valence-corrected chi connectivity index (χ3v) is 6.62. The molecule has 1 unspecified atom stereocenters. The number of carbonyl (C=O) groups is 2. The largest absolute Gasteiger partial charge is 0.360 e. The number of halogens is 1. The second-order valence-electron chi connectivity index (χ2n) is 7.22. The van der Waals surface area contributed by atoms with E-state index in [2.05, 4.69) is 4.98 Å². The smallest absolute Gasteiger partial charge is 0.261 e. The minimum Gasteiger partial charge on any atom is -0.360 e. The Morgan fingerprint density at radius 1 is 1.07 bits per heavy atom. The summed E-state index contributed by atoms with van der Waals surface area (Å²) in [7, 11) is 0. The van der Waals surface area contributed by atoms with E-state index in [9.17, 15) is 9.59 Å². The van der Waals surface area contributed by atoms with E-state index >= 15 is 0 Å². The number of hydrogen-bond acceptors (Lipinski definition) is 4. The lowest BCUT2D eigenvalue weighted by molar-refractivity contribution is 0.0651. The Morgan fingerprint density at radius 3 is 2.52 bits per heavy atom. The average Bonchev–Trinajstić information content (AvgIpc) is 3.23. The van der Waals surface area contributed by atoms with E-state index in [0.717, 1.165) is 45.8 Å². The van der Waals surface area contributed by atoms with Crippen LogP contribution < -0.4 is 5.73 Å². The van der Waals surface area contributed by atoms with Crippen LogP contribution in [0.4, 0.5) is 0 Å². The monoisotopic (exact) mass is 427 g/mol. The summed E-state index contributed by atoms with van der Waals surface area (Å²) in [6.07, 6.45) is 4.46. The molecule has 0 spiro atoms. The maximum absolute atomic E-state index is 12.4. The number of unbranched alkanes of at least 4 members (excludes halogenated alkanes) is 1. The summed E-state index contributed by atoms with van der Waals surface area (Å²) in [6.45, 7) is 0.438. The number of nitrogens with two attached hydrogens (primary N) is 1. The van der Waals surface area contributed by atoms with Crippen LogP contribution in [0, 0.1) is 0 Å². The number of H-pyrrole nitrogens is 1. The van der Waals surface area contributed by atoms with Gasteiger partial charge in [-0.05, 0) is 43.2 Å². The van der Waals surface area contributed by atoms with Gasteiger partial charge >= 0.3 is 0 Å². The molecule has 7 heteroatoms. The van der Waals surface area contributed by atoms with Crippen LogP contribution in [-0.2, 0) is 0 Å². The fraction of sp³-hybridized carbons (Fsp3) is 0.273. The normalized spacial score (nSPS) is 14.6. The summed E-state index contributed by atoms with van der Waals surface area (Å²) in [5, 5.41) is 1.83. The molecule has 3 N–H and O–H groups in total. The van der Waals surface area contributed by atoms with Crippen molar-refractivity contribution in [1.29, 1.82) is 0 Å². The van der Waals surface area contributed by atoms with E-state index in [-0.39, 0.29) is 17.9 Å². The van der Waals surface area contributed by atoms with Crippen molar-refractivity contribution in [2.24, 2.45) is 5.73 Å². The molecule has 3 aromatic rings. The van der Waals surface area contributed by atoms with Crippen molar-refractivity contribution in [1.82, 2.24) is 9.88 Å². The molecule has 2 heterocycles. The van der Waals surface area contributed by atoms with Gasteiger partial charge in [0, 0.05) is 45.4 Å². The number of carbonyl (C=O) groups excluding carboxylic acids is 2. The summed E-state index contributed by atoms with van der Waals surface area (Å²) in [5.74, 6) is 0.416. The van der Waals surface area contributed by atoms with Gasteiger partial charge in [0.2, 0.25) is 0 Å². The number of hydrogen-bond donors (Lipinski definition) is 2. The van der Waals surface area contributed by atoms with Crippen molar-refractivity contribution in [2.75, 3.05) is 12.3 Å². The average molecular weight is 428 g/mol.